The molecule has 4 aromatic rings. The first-order valence-electron chi connectivity index (χ1n) is 12.1. The number of anilines is 1. The van der Waals surface area contributed by atoms with Crippen LogP contribution < -0.4 is 19.9 Å². The summed E-state index contributed by atoms with van der Waals surface area (Å²) in [5.74, 6) is 0.517. The molecule has 39 heavy (non-hydrogen) atoms. The van der Waals surface area contributed by atoms with E-state index in [9.17, 15) is 9.59 Å². The molecule has 1 atom stereocenters. The molecule has 12 heteroatoms. The molecule has 0 aliphatic carbocycles. The van der Waals surface area contributed by atoms with Crippen LogP contribution in [0.25, 0.3) is 11.4 Å². The van der Waals surface area contributed by atoms with Crippen LogP contribution in [0.5, 0.6) is 11.9 Å². The number of rotatable bonds is 6. The Balaban J connectivity index is 1.83. The van der Waals surface area contributed by atoms with Gasteiger partial charge >= 0.3 is 6.01 Å². The van der Waals surface area contributed by atoms with Gasteiger partial charge in [-0.3, -0.25) is 14.5 Å². The molecule has 0 saturated heterocycles. The number of nitrogens with zero attached hydrogens (tertiary/aromatic N) is 6. The molecule has 1 aliphatic rings. The van der Waals surface area contributed by atoms with E-state index in [1.807, 2.05) is 30.5 Å². The fraction of sp³-hybridized carbons (Fsp3) is 0.296. The van der Waals surface area contributed by atoms with Gasteiger partial charge in [-0.05, 0) is 37.6 Å². The summed E-state index contributed by atoms with van der Waals surface area (Å²) in [6, 6.07) is 8.06. The van der Waals surface area contributed by atoms with Crippen LogP contribution in [-0.4, -0.2) is 44.2 Å². The Bertz CT molecular complexity index is 1630. The molecular formula is C27H26Cl2N6O4. The SMILES string of the molecule is COc1ncc(-c2nc3c(n2C(C)C)C(c2ccc(Cl)cc2)N(c2cc(Cl)cn(C)c2=O)C(=O)C3)c(OC)n1. The lowest BCUT2D eigenvalue weighted by Crippen LogP contribution is -2.45. The molecule has 1 aromatic carbocycles. The number of halogens is 2. The van der Waals surface area contributed by atoms with Crippen molar-refractivity contribution in [3.63, 3.8) is 0 Å². The average Bonchev–Trinajstić information content (AvgIpc) is 3.29. The van der Waals surface area contributed by atoms with Crippen molar-refractivity contribution in [2.75, 3.05) is 19.1 Å². The van der Waals surface area contributed by atoms with Gasteiger partial charge < -0.3 is 18.6 Å². The minimum absolute atomic E-state index is 0.0266. The lowest BCUT2D eigenvalue weighted by Gasteiger charge is -2.37. The zero-order valence-electron chi connectivity index (χ0n) is 22.0. The highest BCUT2D eigenvalue weighted by Crippen LogP contribution is 2.43. The molecule has 1 aliphatic heterocycles. The van der Waals surface area contributed by atoms with Crippen molar-refractivity contribution in [2.45, 2.75) is 32.4 Å². The average molecular weight is 569 g/mol. The van der Waals surface area contributed by atoms with Gasteiger partial charge in [0.25, 0.3) is 5.56 Å². The number of benzene rings is 1. The third kappa shape index (κ3) is 4.63. The zero-order chi connectivity index (χ0) is 28.0. The van der Waals surface area contributed by atoms with E-state index in [-0.39, 0.29) is 41.5 Å². The van der Waals surface area contributed by atoms with Crippen LogP contribution in [0.1, 0.15) is 42.9 Å². The number of carbonyl (C=O) groups excluding carboxylic acids is 1. The van der Waals surface area contributed by atoms with Crippen molar-refractivity contribution in [3.05, 3.63) is 80.1 Å². The van der Waals surface area contributed by atoms with Crippen molar-refractivity contribution in [1.29, 1.82) is 0 Å². The summed E-state index contributed by atoms with van der Waals surface area (Å²) in [6.07, 6.45) is 3.07. The summed E-state index contributed by atoms with van der Waals surface area (Å²) < 4.78 is 14.1. The van der Waals surface area contributed by atoms with Gasteiger partial charge in [0.05, 0.1) is 42.6 Å². The Kier molecular flexibility index (Phi) is 7.09. The van der Waals surface area contributed by atoms with Crippen LogP contribution >= 0.6 is 23.2 Å². The van der Waals surface area contributed by atoms with Crippen molar-refractivity contribution < 1.29 is 14.3 Å². The van der Waals surface area contributed by atoms with Gasteiger partial charge in [-0.2, -0.15) is 4.98 Å². The van der Waals surface area contributed by atoms with Crippen LogP contribution in [0.2, 0.25) is 10.0 Å². The minimum atomic E-state index is -0.696. The maximum atomic E-state index is 13.8. The zero-order valence-corrected chi connectivity index (χ0v) is 23.5. The molecule has 202 valence electrons. The van der Waals surface area contributed by atoms with Gasteiger partial charge in [0.2, 0.25) is 11.8 Å². The van der Waals surface area contributed by atoms with Crippen molar-refractivity contribution in [3.8, 4) is 23.3 Å². The molecule has 0 radical (unpaired) electrons. The van der Waals surface area contributed by atoms with Crippen molar-refractivity contribution in [2.24, 2.45) is 7.05 Å². The van der Waals surface area contributed by atoms with E-state index in [4.69, 9.17) is 37.7 Å². The number of imidazole rings is 1. The van der Waals surface area contributed by atoms with Crippen LogP contribution in [-0.2, 0) is 18.3 Å². The molecule has 1 unspecified atom stereocenters. The summed E-state index contributed by atoms with van der Waals surface area (Å²) in [4.78, 5) is 42.1. The number of fused-ring (bicyclic) bond motifs is 1. The number of amides is 1. The van der Waals surface area contributed by atoms with E-state index < -0.39 is 6.04 Å². The van der Waals surface area contributed by atoms with E-state index in [0.29, 0.717) is 27.1 Å². The van der Waals surface area contributed by atoms with Gasteiger partial charge in [-0.15, -0.1) is 0 Å². The van der Waals surface area contributed by atoms with Crippen LogP contribution in [0.3, 0.4) is 0 Å². The third-order valence-electron chi connectivity index (χ3n) is 6.57. The molecule has 10 nitrogen and oxygen atoms in total. The fourth-order valence-corrected chi connectivity index (χ4v) is 5.31. The second-order valence-electron chi connectivity index (χ2n) is 9.36. The molecule has 0 saturated carbocycles. The quantitative estimate of drug-likeness (QED) is 0.334. The maximum Gasteiger partial charge on any atom is 0.319 e. The van der Waals surface area contributed by atoms with Crippen LogP contribution in [0.4, 0.5) is 5.69 Å². The van der Waals surface area contributed by atoms with E-state index in [1.54, 1.807) is 25.4 Å². The van der Waals surface area contributed by atoms with Gasteiger partial charge in [0, 0.05) is 30.5 Å². The topological polar surface area (TPSA) is 104 Å². The highest BCUT2D eigenvalue weighted by Gasteiger charge is 2.41. The monoisotopic (exact) mass is 568 g/mol. The summed E-state index contributed by atoms with van der Waals surface area (Å²) >= 11 is 12.6. The van der Waals surface area contributed by atoms with Crippen molar-refractivity contribution >= 4 is 34.8 Å². The maximum absolute atomic E-state index is 13.8. The normalized spacial score (nSPS) is 15.0. The number of ether oxygens (including phenoxy) is 2. The fourth-order valence-electron chi connectivity index (χ4n) is 4.93. The summed E-state index contributed by atoms with van der Waals surface area (Å²) in [5, 5.41) is 0.878. The molecule has 1 amide bonds. The van der Waals surface area contributed by atoms with Gasteiger partial charge in [-0.1, -0.05) is 35.3 Å². The number of methoxy groups -OCH3 is 2. The lowest BCUT2D eigenvalue weighted by atomic mass is 9.94. The molecule has 0 fully saturated rings. The Morgan fingerprint density at radius 2 is 1.74 bits per heavy atom. The Morgan fingerprint density at radius 1 is 1.03 bits per heavy atom. The van der Waals surface area contributed by atoms with Crippen LogP contribution in [0.15, 0.2) is 47.5 Å². The second-order valence-corrected chi connectivity index (χ2v) is 10.2. The van der Waals surface area contributed by atoms with E-state index in [1.165, 1.54) is 35.9 Å². The largest absolute Gasteiger partial charge is 0.480 e. The number of carbonyl (C=O) groups is 1. The molecule has 0 spiro atoms. The van der Waals surface area contributed by atoms with Gasteiger partial charge in [0.15, 0.2) is 0 Å². The number of hydrogen-bond donors (Lipinski definition) is 0. The first-order chi connectivity index (χ1) is 18.6. The minimum Gasteiger partial charge on any atom is -0.480 e. The summed E-state index contributed by atoms with van der Waals surface area (Å²) in [7, 11) is 4.57. The highest BCUT2D eigenvalue weighted by atomic mass is 35.5. The van der Waals surface area contributed by atoms with Crippen molar-refractivity contribution in [1.82, 2.24) is 24.1 Å². The summed E-state index contributed by atoms with van der Waals surface area (Å²) in [5.41, 5.74) is 2.44. The summed E-state index contributed by atoms with van der Waals surface area (Å²) in [6.45, 7) is 4.03. The smallest absolute Gasteiger partial charge is 0.319 e. The first kappa shape index (κ1) is 26.7. The second kappa shape index (κ2) is 10.3. The Hall–Kier alpha value is -3.89. The number of pyridine rings is 1. The molecule has 0 N–H and O–H groups in total. The van der Waals surface area contributed by atoms with E-state index in [0.717, 1.165) is 11.3 Å². The molecule has 0 bridgehead atoms. The molecule has 3 aromatic heterocycles. The first-order valence-corrected chi connectivity index (χ1v) is 12.9. The van der Waals surface area contributed by atoms with Crippen LogP contribution in [0, 0.1) is 0 Å². The van der Waals surface area contributed by atoms with E-state index in [2.05, 4.69) is 9.97 Å². The predicted molar refractivity (Wildman–Crippen MR) is 148 cm³/mol. The Labute approximate surface area is 234 Å². The third-order valence-corrected chi connectivity index (χ3v) is 7.03. The number of aryl methyl sites for hydroxylation is 1. The molecular weight excluding hydrogens is 543 g/mol. The number of aromatic nitrogens is 5. The Morgan fingerprint density at radius 3 is 2.38 bits per heavy atom. The predicted octanol–water partition coefficient (Wildman–Crippen LogP) is 4.62. The molecule has 5 rings (SSSR count). The van der Waals surface area contributed by atoms with E-state index >= 15 is 0 Å². The molecule has 4 heterocycles. The lowest BCUT2D eigenvalue weighted by molar-refractivity contribution is -0.118. The standard InChI is InChI=1S/C27H26Cl2N6O4/c1-14(2)34-23-19(31-24(34)18-12-30-27(39-5)32-25(18)38-4)11-21(36)35(20-10-17(29)13-33(3)26(20)37)22(23)15-6-8-16(28)9-7-15/h6-10,12-14,22H,11H2,1-5H3. The van der Waals surface area contributed by atoms with Gasteiger partial charge in [-0.25, -0.2) is 9.97 Å². The highest BCUT2D eigenvalue weighted by molar-refractivity contribution is 6.31. The number of hydrogen-bond acceptors (Lipinski definition) is 7. The van der Waals surface area contributed by atoms with Gasteiger partial charge in [0.1, 0.15) is 17.6 Å².